The average Bonchev–Trinajstić information content (AvgIpc) is 3.02. The molecule has 0 spiro atoms. The predicted molar refractivity (Wildman–Crippen MR) is 116 cm³/mol. The van der Waals surface area contributed by atoms with Gasteiger partial charge in [-0.2, -0.15) is 0 Å². The lowest BCUT2D eigenvalue weighted by Gasteiger charge is -2.40. The van der Waals surface area contributed by atoms with Gasteiger partial charge in [0.2, 0.25) is 0 Å². The van der Waals surface area contributed by atoms with Gasteiger partial charge in [-0.1, -0.05) is 65.0 Å². The van der Waals surface area contributed by atoms with Crippen LogP contribution in [0.2, 0.25) is 17.1 Å². The summed E-state index contributed by atoms with van der Waals surface area (Å²) in [7, 11) is -1.87. The molecule has 0 aliphatic rings. The summed E-state index contributed by atoms with van der Waals surface area (Å²) >= 11 is 0. The molecule has 0 N–H and O–H groups in total. The van der Waals surface area contributed by atoms with Gasteiger partial charge >= 0.3 is 0 Å². The molecular formula is C22H28N2O2Si. The van der Waals surface area contributed by atoms with Crippen molar-refractivity contribution in [3.05, 3.63) is 64.8 Å². The molecule has 0 fully saturated rings. The van der Waals surface area contributed by atoms with Gasteiger partial charge in [0, 0.05) is 28.7 Å². The first-order chi connectivity index (χ1) is 12.8. The van der Waals surface area contributed by atoms with Crippen LogP contribution in [-0.4, -0.2) is 17.4 Å². The minimum Gasteiger partial charge on any atom is -0.373 e. The van der Waals surface area contributed by atoms with E-state index in [0.717, 1.165) is 17.0 Å². The number of benzene rings is 2. The highest BCUT2D eigenvalue weighted by Gasteiger charge is 2.41. The molecule has 0 radical (unpaired) electrons. The number of nitro groups is 1. The molecule has 1 aromatic heterocycles. The van der Waals surface area contributed by atoms with Crippen LogP contribution in [0.15, 0.2) is 54.7 Å². The van der Waals surface area contributed by atoms with Crippen LogP contribution in [-0.2, 0) is 0 Å². The molecule has 3 aromatic rings. The second kappa shape index (κ2) is 7.31. The minimum absolute atomic E-state index is 0.165. The van der Waals surface area contributed by atoms with Crippen molar-refractivity contribution in [3.63, 3.8) is 0 Å². The Kier molecular flexibility index (Phi) is 5.24. The summed E-state index contributed by atoms with van der Waals surface area (Å²) in [6.45, 7) is 11.6. The second-order valence-electron chi connectivity index (χ2n) is 7.86. The maximum absolute atomic E-state index is 11.6. The number of aromatic nitrogens is 1. The fraction of sp³-hybridized carbons (Fsp3) is 0.364. The van der Waals surface area contributed by atoms with E-state index in [1.807, 2.05) is 18.2 Å². The number of nitro benzene ring substituents is 1. The summed E-state index contributed by atoms with van der Waals surface area (Å²) in [5.74, 6) is 0. The van der Waals surface area contributed by atoms with Crippen LogP contribution in [0.1, 0.15) is 34.6 Å². The first-order valence-electron chi connectivity index (χ1n) is 9.68. The van der Waals surface area contributed by atoms with Crippen LogP contribution >= 0.6 is 0 Å². The maximum atomic E-state index is 11.6. The van der Waals surface area contributed by atoms with Gasteiger partial charge in [0.15, 0.2) is 8.24 Å². The van der Waals surface area contributed by atoms with Gasteiger partial charge < -0.3 is 4.23 Å². The number of nitrogens with zero attached hydrogens (tertiary/aromatic N) is 2. The highest BCUT2D eigenvalue weighted by molar-refractivity contribution is 6.81. The van der Waals surface area contributed by atoms with Crippen molar-refractivity contribution < 1.29 is 4.92 Å². The summed E-state index contributed by atoms with van der Waals surface area (Å²) in [5, 5.41) is 12.7. The van der Waals surface area contributed by atoms with Crippen molar-refractivity contribution >= 4 is 24.8 Å². The summed E-state index contributed by atoms with van der Waals surface area (Å²) in [4.78, 5) is 11.3. The Morgan fingerprint density at radius 3 is 2.15 bits per heavy atom. The van der Waals surface area contributed by atoms with Crippen molar-refractivity contribution in [2.24, 2.45) is 0 Å². The molecule has 142 valence electrons. The number of hydrogen-bond acceptors (Lipinski definition) is 2. The van der Waals surface area contributed by atoms with E-state index in [1.54, 1.807) is 12.1 Å². The molecular weight excluding hydrogens is 352 g/mol. The molecule has 0 amide bonds. The van der Waals surface area contributed by atoms with Crippen molar-refractivity contribution in [1.82, 2.24) is 4.23 Å². The third-order valence-electron chi connectivity index (χ3n) is 6.12. The van der Waals surface area contributed by atoms with Crippen molar-refractivity contribution in [1.29, 1.82) is 0 Å². The molecule has 27 heavy (non-hydrogen) atoms. The van der Waals surface area contributed by atoms with Crippen LogP contribution in [0, 0.1) is 10.1 Å². The van der Waals surface area contributed by atoms with Gasteiger partial charge in [-0.15, -0.1) is 0 Å². The zero-order valence-electron chi connectivity index (χ0n) is 16.8. The molecule has 5 heteroatoms. The first-order valence-corrected chi connectivity index (χ1v) is 12.0. The lowest BCUT2D eigenvalue weighted by Crippen LogP contribution is -2.48. The number of para-hydroxylation sites is 2. The molecule has 0 unspecified atom stereocenters. The van der Waals surface area contributed by atoms with Crippen LogP contribution in [0.5, 0.6) is 0 Å². The Bertz CT molecular complexity index is 967. The number of rotatable bonds is 6. The topological polar surface area (TPSA) is 48.1 Å². The first kappa shape index (κ1) is 19.4. The minimum atomic E-state index is -1.87. The number of hydrogen-bond donors (Lipinski definition) is 0. The average molecular weight is 381 g/mol. The Morgan fingerprint density at radius 1 is 0.963 bits per heavy atom. The van der Waals surface area contributed by atoms with Gasteiger partial charge in [-0.25, -0.2) is 0 Å². The number of fused-ring (bicyclic) bond motifs is 1. The van der Waals surface area contributed by atoms with E-state index in [1.165, 1.54) is 5.52 Å². The molecule has 0 atom stereocenters. The highest BCUT2D eigenvalue weighted by Crippen LogP contribution is 2.43. The second-order valence-corrected chi connectivity index (χ2v) is 13.3. The molecule has 0 aliphatic heterocycles. The van der Waals surface area contributed by atoms with E-state index in [0.29, 0.717) is 16.6 Å². The predicted octanol–water partition coefficient (Wildman–Crippen LogP) is 6.85. The maximum Gasteiger partial charge on any atom is 0.277 e. The molecule has 0 aliphatic carbocycles. The lowest BCUT2D eigenvalue weighted by molar-refractivity contribution is -0.384. The van der Waals surface area contributed by atoms with E-state index in [4.69, 9.17) is 0 Å². The van der Waals surface area contributed by atoms with E-state index >= 15 is 0 Å². The Balaban J connectivity index is 2.39. The van der Waals surface area contributed by atoms with E-state index in [9.17, 15) is 10.1 Å². The van der Waals surface area contributed by atoms with Gasteiger partial charge in [0.25, 0.3) is 5.69 Å². The summed E-state index contributed by atoms with van der Waals surface area (Å²) < 4.78 is 2.52. The SMILES string of the molecule is CC[Si](C(C)C)(C(C)C)n1cc(-c2ccccc2[N+](=O)[O-])c2ccccc21. The van der Waals surface area contributed by atoms with Gasteiger partial charge in [-0.3, -0.25) is 10.1 Å². The molecule has 0 saturated heterocycles. The Hall–Kier alpha value is -2.40. The zero-order valence-corrected chi connectivity index (χ0v) is 17.8. The molecule has 3 rings (SSSR count). The van der Waals surface area contributed by atoms with E-state index < -0.39 is 8.24 Å². The molecule has 4 nitrogen and oxygen atoms in total. The van der Waals surface area contributed by atoms with Crippen molar-refractivity contribution in [3.8, 4) is 11.1 Å². The van der Waals surface area contributed by atoms with Crippen molar-refractivity contribution in [2.75, 3.05) is 0 Å². The molecule has 0 saturated carbocycles. The van der Waals surface area contributed by atoms with Crippen LogP contribution in [0.3, 0.4) is 0 Å². The Morgan fingerprint density at radius 2 is 1.56 bits per heavy atom. The van der Waals surface area contributed by atoms with E-state index in [2.05, 4.69) is 63.2 Å². The van der Waals surface area contributed by atoms with Crippen molar-refractivity contribution in [2.45, 2.75) is 51.7 Å². The summed E-state index contributed by atoms with van der Waals surface area (Å²) in [5.41, 5.74) is 4.15. The lowest BCUT2D eigenvalue weighted by atomic mass is 10.0. The third-order valence-corrected chi connectivity index (χ3v) is 12.5. The zero-order chi connectivity index (χ0) is 19.8. The van der Waals surface area contributed by atoms with Crippen LogP contribution in [0.4, 0.5) is 5.69 Å². The van der Waals surface area contributed by atoms with Gasteiger partial charge in [-0.05, 0) is 29.3 Å². The largest absolute Gasteiger partial charge is 0.373 e. The van der Waals surface area contributed by atoms with Crippen LogP contribution < -0.4 is 0 Å². The van der Waals surface area contributed by atoms with Gasteiger partial charge in [0.05, 0.1) is 10.5 Å². The fourth-order valence-corrected chi connectivity index (χ4v) is 10.2. The normalized spacial score (nSPS) is 12.3. The quantitative estimate of drug-likeness (QED) is 0.267. The third kappa shape index (κ3) is 3.00. The molecule has 2 aromatic carbocycles. The van der Waals surface area contributed by atoms with E-state index in [-0.39, 0.29) is 10.6 Å². The standard InChI is InChI=1S/C22H28N2O2Si/c1-6-27(16(2)3,17(4)5)23-15-20(18-11-7-9-13-21(18)23)19-12-8-10-14-22(19)24(25)26/h7-17H,6H2,1-5H3. The molecule has 0 bridgehead atoms. The van der Waals surface area contributed by atoms with Gasteiger partial charge in [0.1, 0.15) is 0 Å². The Labute approximate surface area is 162 Å². The summed E-state index contributed by atoms with van der Waals surface area (Å²) in [6.07, 6.45) is 2.20. The molecule has 1 heterocycles. The fourth-order valence-electron chi connectivity index (χ4n) is 4.81. The smallest absolute Gasteiger partial charge is 0.277 e. The van der Waals surface area contributed by atoms with Crippen LogP contribution in [0.25, 0.3) is 22.0 Å². The highest BCUT2D eigenvalue weighted by atomic mass is 28.3. The summed E-state index contributed by atoms with van der Waals surface area (Å²) in [6, 6.07) is 16.5. The monoisotopic (exact) mass is 380 g/mol.